The lowest BCUT2D eigenvalue weighted by Gasteiger charge is -2.37. The van der Waals surface area contributed by atoms with E-state index in [2.05, 4.69) is 29.2 Å². The summed E-state index contributed by atoms with van der Waals surface area (Å²) in [7, 11) is 0. The number of piperidine rings is 1. The van der Waals surface area contributed by atoms with Gasteiger partial charge in [0.2, 0.25) is 5.91 Å². The number of hydrogen-bond acceptors (Lipinski definition) is 3. The van der Waals surface area contributed by atoms with E-state index >= 15 is 0 Å². The van der Waals surface area contributed by atoms with Crippen LogP contribution in [-0.4, -0.2) is 42.6 Å². The Labute approximate surface area is 162 Å². The van der Waals surface area contributed by atoms with E-state index in [1.54, 1.807) is 0 Å². The monoisotopic (exact) mass is 378 g/mol. The molecule has 144 valence electrons. The molecule has 3 fully saturated rings. The number of carbonyl (C=O) groups is 1. The highest BCUT2D eigenvalue weighted by atomic mass is 35.5. The van der Waals surface area contributed by atoms with E-state index in [0.29, 0.717) is 23.8 Å². The first-order valence-electron chi connectivity index (χ1n) is 9.92. The maximum Gasteiger partial charge on any atom is 0.227 e. The number of ether oxygens (including phenoxy) is 1. The van der Waals surface area contributed by atoms with E-state index in [4.69, 9.17) is 10.5 Å². The van der Waals surface area contributed by atoms with Gasteiger partial charge in [-0.1, -0.05) is 30.3 Å². The van der Waals surface area contributed by atoms with Crippen LogP contribution in [0.3, 0.4) is 0 Å². The van der Waals surface area contributed by atoms with Crippen molar-refractivity contribution < 1.29 is 9.53 Å². The fraction of sp³-hybridized carbons (Fsp3) is 0.667. The number of halogens is 1. The maximum atomic E-state index is 12.9. The molecule has 26 heavy (non-hydrogen) atoms. The number of hydrogen-bond donors (Lipinski definition) is 1. The second kappa shape index (κ2) is 8.73. The largest absolute Gasteiger partial charge is 0.378 e. The third-order valence-electron chi connectivity index (χ3n) is 6.61. The van der Waals surface area contributed by atoms with Crippen molar-refractivity contribution >= 4 is 18.3 Å². The minimum Gasteiger partial charge on any atom is -0.378 e. The quantitative estimate of drug-likeness (QED) is 0.856. The third kappa shape index (κ3) is 4.08. The molecule has 4 atom stereocenters. The molecular weight excluding hydrogens is 348 g/mol. The van der Waals surface area contributed by atoms with E-state index in [1.807, 2.05) is 6.07 Å². The molecule has 4 rings (SSSR count). The number of fused-ring (bicyclic) bond motifs is 2. The SMILES string of the molecule is Cl.NC1C2CCC(C2)C1C(=O)N1CCC(OCCc2ccccc2)CC1. The third-order valence-corrected chi connectivity index (χ3v) is 6.61. The molecule has 1 aromatic rings. The van der Waals surface area contributed by atoms with Crippen molar-refractivity contribution in [2.45, 2.75) is 50.7 Å². The van der Waals surface area contributed by atoms with Gasteiger partial charge >= 0.3 is 0 Å². The summed E-state index contributed by atoms with van der Waals surface area (Å²) < 4.78 is 6.05. The summed E-state index contributed by atoms with van der Waals surface area (Å²) in [6.07, 6.45) is 6.77. The van der Waals surface area contributed by atoms with Gasteiger partial charge in [-0.15, -0.1) is 12.4 Å². The fourth-order valence-corrected chi connectivity index (χ4v) is 5.14. The minimum atomic E-state index is 0. The van der Waals surface area contributed by atoms with Gasteiger partial charge in [0.25, 0.3) is 0 Å². The van der Waals surface area contributed by atoms with Gasteiger partial charge in [0, 0.05) is 19.1 Å². The number of nitrogens with two attached hydrogens (primary N) is 1. The Morgan fingerprint density at radius 1 is 1.08 bits per heavy atom. The van der Waals surface area contributed by atoms with Crippen molar-refractivity contribution in [2.75, 3.05) is 19.7 Å². The number of nitrogens with zero attached hydrogens (tertiary/aromatic N) is 1. The van der Waals surface area contributed by atoms with Gasteiger partial charge in [-0.05, 0) is 55.9 Å². The highest BCUT2D eigenvalue weighted by Gasteiger charge is 2.50. The first-order valence-corrected chi connectivity index (χ1v) is 9.92. The van der Waals surface area contributed by atoms with E-state index in [-0.39, 0.29) is 24.4 Å². The van der Waals surface area contributed by atoms with E-state index in [1.165, 1.54) is 24.8 Å². The molecule has 2 N–H and O–H groups in total. The zero-order valence-corrected chi connectivity index (χ0v) is 16.2. The van der Waals surface area contributed by atoms with E-state index in [0.717, 1.165) is 39.0 Å². The second-order valence-corrected chi connectivity index (χ2v) is 8.07. The molecule has 0 aromatic heterocycles. The number of likely N-dealkylation sites (tertiary alicyclic amines) is 1. The Balaban J connectivity index is 0.00000196. The number of amides is 1. The number of benzene rings is 1. The minimum absolute atomic E-state index is 0. The fourth-order valence-electron chi connectivity index (χ4n) is 5.14. The van der Waals surface area contributed by atoms with Crippen molar-refractivity contribution in [1.29, 1.82) is 0 Å². The zero-order valence-electron chi connectivity index (χ0n) is 15.4. The van der Waals surface area contributed by atoms with Crippen molar-refractivity contribution in [3.8, 4) is 0 Å². The first kappa shape index (κ1) is 19.7. The topological polar surface area (TPSA) is 55.6 Å². The molecule has 1 aromatic carbocycles. The standard InChI is InChI=1S/C21H30N2O2.ClH/c22-20-17-7-6-16(14-17)19(20)21(24)23-11-8-18(9-12-23)25-13-10-15-4-2-1-3-5-15;/h1-5,16-20H,6-14,22H2;1H. The molecular formula is C21H31ClN2O2. The summed E-state index contributed by atoms with van der Waals surface area (Å²) >= 11 is 0. The molecule has 2 aliphatic carbocycles. The summed E-state index contributed by atoms with van der Waals surface area (Å²) in [6.45, 7) is 2.42. The van der Waals surface area contributed by atoms with Gasteiger partial charge in [0.1, 0.15) is 0 Å². The van der Waals surface area contributed by atoms with Gasteiger partial charge in [-0.3, -0.25) is 4.79 Å². The van der Waals surface area contributed by atoms with Crippen LogP contribution in [0.4, 0.5) is 0 Å². The van der Waals surface area contributed by atoms with Crippen LogP contribution in [0.2, 0.25) is 0 Å². The Hall–Kier alpha value is -1.10. The molecule has 4 unspecified atom stereocenters. The molecule has 1 amide bonds. The molecule has 1 heterocycles. The van der Waals surface area contributed by atoms with Crippen molar-refractivity contribution in [3.05, 3.63) is 35.9 Å². The van der Waals surface area contributed by atoms with Gasteiger partial charge in [0.05, 0.1) is 18.6 Å². The highest BCUT2D eigenvalue weighted by molar-refractivity contribution is 5.85. The summed E-state index contributed by atoms with van der Waals surface area (Å²) in [6, 6.07) is 10.6. The van der Waals surface area contributed by atoms with Gasteiger partial charge < -0.3 is 15.4 Å². The predicted molar refractivity (Wildman–Crippen MR) is 105 cm³/mol. The average molecular weight is 379 g/mol. The average Bonchev–Trinajstić information content (AvgIpc) is 3.24. The molecule has 0 radical (unpaired) electrons. The van der Waals surface area contributed by atoms with E-state index in [9.17, 15) is 4.79 Å². The molecule has 4 nitrogen and oxygen atoms in total. The van der Waals surface area contributed by atoms with Gasteiger partial charge in [-0.2, -0.15) is 0 Å². The number of rotatable bonds is 5. The molecule has 0 spiro atoms. The lowest BCUT2D eigenvalue weighted by molar-refractivity contribution is -0.140. The molecule has 2 bridgehead atoms. The smallest absolute Gasteiger partial charge is 0.227 e. The first-order chi connectivity index (χ1) is 12.2. The van der Waals surface area contributed by atoms with Crippen LogP contribution in [-0.2, 0) is 16.0 Å². The second-order valence-electron chi connectivity index (χ2n) is 8.07. The lowest BCUT2D eigenvalue weighted by Crippen LogP contribution is -2.50. The molecule has 2 saturated carbocycles. The van der Waals surface area contributed by atoms with Crippen molar-refractivity contribution in [1.82, 2.24) is 4.90 Å². The molecule has 3 aliphatic rings. The van der Waals surface area contributed by atoms with Gasteiger partial charge in [0.15, 0.2) is 0 Å². The lowest BCUT2D eigenvalue weighted by atomic mass is 9.83. The maximum absolute atomic E-state index is 12.9. The van der Waals surface area contributed by atoms with E-state index < -0.39 is 0 Å². The van der Waals surface area contributed by atoms with Crippen LogP contribution in [0.5, 0.6) is 0 Å². The van der Waals surface area contributed by atoms with Crippen molar-refractivity contribution in [2.24, 2.45) is 23.5 Å². The Morgan fingerprint density at radius 3 is 2.42 bits per heavy atom. The summed E-state index contributed by atoms with van der Waals surface area (Å²) in [5.74, 6) is 1.56. The Bertz CT molecular complexity index is 587. The number of carbonyl (C=O) groups excluding carboxylic acids is 1. The zero-order chi connectivity index (χ0) is 17.2. The van der Waals surface area contributed by atoms with Crippen molar-refractivity contribution in [3.63, 3.8) is 0 Å². The van der Waals surface area contributed by atoms with Crippen LogP contribution in [0, 0.1) is 17.8 Å². The van der Waals surface area contributed by atoms with Crippen LogP contribution >= 0.6 is 12.4 Å². The normalized spacial score (nSPS) is 31.0. The highest BCUT2D eigenvalue weighted by Crippen LogP contribution is 2.48. The molecule has 1 aliphatic heterocycles. The molecule has 1 saturated heterocycles. The predicted octanol–water partition coefficient (Wildman–Crippen LogP) is 3.03. The van der Waals surface area contributed by atoms with Crippen LogP contribution < -0.4 is 5.73 Å². The van der Waals surface area contributed by atoms with Gasteiger partial charge in [-0.25, -0.2) is 0 Å². The summed E-state index contributed by atoms with van der Waals surface area (Å²) in [4.78, 5) is 15.0. The Morgan fingerprint density at radius 2 is 1.77 bits per heavy atom. The Kier molecular flexibility index (Phi) is 6.60. The summed E-state index contributed by atoms with van der Waals surface area (Å²) in [5.41, 5.74) is 7.67. The summed E-state index contributed by atoms with van der Waals surface area (Å²) in [5, 5.41) is 0. The van der Waals surface area contributed by atoms with Crippen LogP contribution in [0.25, 0.3) is 0 Å². The van der Waals surface area contributed by atoms with Crippen LogP contribution in [0.15, 0.2) is 30.3 Å². The van der Waals surface area contributed by atoms with Crippen LogP contribution in [0.1, 0.15) is 37.7 Å². The molecule has 5 heteroatoms.